The van der Waals surface area contributed by atoms with Crippen molar-refractivity contribution >= 4 is 23.7 Å². The van der Waals surface area contributed by atoms with Gasteiger partial charge in [-0.25, -0.2) is 4.79 Å². The summed E-state index contributed by atoms with van der Waals surface area (Å²) in [7, 11) is 1.62. The van der Waals surface area contributed by atoms with Gasteiger partial charge in [0.2, 0.25) is 5.91 Å². The maximum absolute atomic E-state index is 12.7. The average molecular weight is 423 g/mol. The second kappa shape index (κ2) is 8.58. The number of benzene rings is 2. The van der Waals surface area contributed by atoms with Crippen LogP contribution >= 0.6 is 11.8 Å². The van der Waals surface area contributed by atoms with E-state index >= 15 is 0 Å². The van der Waals surface area contributed by atoms with E-state index in [2.05, 4.69) is 15.5 Å². The van der Waals surface area contributed by atoms with Crippen LogP contribution in [0.25, 0.3) is 17.1 Å². The van der Waals surface area contributed by atoms with Gasteiger partial charge in [-0.1, -0.05) is 30.0 Å². The number of para-hydroxylation sites is 1. The predicted molar refractivity (Wildman–Crippen MR) is 114 cm³/mol. The van der Waals surface area contributed by atoms with Crippen molar-refractivity contribution in [2.75, 3.05) is 20.2 Å². The average Bonchev–Trinajstić information content (AvgIpc) is 3.40. The second-order valence-corrected chi connectivity index (χ2v) is 8.00. The van der Waals surface area contributed by atoms with Crippen LogP contribution in [0.5, 0.6) is 5.75 Å². The van der Waals surface area contributed by atoms with E-state index < -0.39 is 5.25 Å². The Morgan fingerprint density at radius 3 is 2.50 bits per heavy atom. The minimum absolute atomic E-state index is 0.247. The number of carbonyl (C=O) groups excluding carboxylic acids is 2. The molecule has 2 aromatic carbocycles. The zero-order valence-electron chi connectivity index (χ0n) is 16.6. The summed E-state index contributed by atoms with van der Waals surface area (Å²) in [6, 6.07) is 16.9. The molecule has 1 N–H and O–H groups in total. The van der Waals surface area contributed by atoms with Gasteiger partial charge in [-0.15, -0.1) is 10.2 Å². The fourth-order valence-corrected chi connectivity index (χ4v) is 4.12. The number of methoxy groups -OCH3 is 1. The molecular weight excluding hydrogens is 402 g/mol. The number of nitrogens with one attached hydrogen (secondary N) is 1. The van der Waals surface area contributed by atoms with Crippen LogP contribution in [-0.2, 0) is 4.79 Å². The van der Waals surface area contributed by atoms with E-state index in [-0.39, 0.29) is 11.9 Å². The topological polar surface area (TPSA) is 89.4 Å². The molecule has 1 aliphatic heterocycles. The van der Waals surface area contributed by atoms with Crippen molar-refractivity contribution in [1.29, 1.82) is 0 Å². The van der Waals surface area contributed by atoms with Crippen LogP contribution in [0.2, 0.25) is 0 Å². The van der Waals surface area contributed by atoms with Crippen LogP contribution in [-0.4, -0.2) is 57.1 Å². The Morgan fingerprint density at radius 1 is 1.13 bits per heavy atom. The Balaban J connectivity index is 1.68. The first kappa shape index (κ1) is 20.0. The highest BCUT2D eigenvalue weighted by Crippen LogP contribution is 2.31. The summed E-state index contributed by atoms with van der Waals surface area (Å²) in [5.41, 5.74) is 1.76. The zero-order valence-corrected chi connectivity index (χ0v) is 17.4. The van der Waals surface area contributed by atoms with E-state index in [1.807, 2.05) is 59.2 Å². The van der Waals surface area contributed by atoms with Crippen molar-refractivity contribution in [1.82, 2.24) is 25.0 Å². The van der Waals surface area contributed by atoms with Gasteiger partial charge in [0.25, 0.3) is 0 Å². The molecule has 1 unspecified atom stereocenters. The van der Waals surface area contributed by atoms with E-state index in [4.69, 9.17) is 4.74 Å². The molecule has 1 fully saturated rings. The minimum Gasteiger partial charge on any atom is -0.497 e. The smallest absolute Gasteiger partial charge is 0.324 e. The lowest BCUT2D eigenvalue weighted by Gasteiger charge is -2.17. The van der Waals surface area contributed by atoms with Gasteiger partial charge in [0, 0.05) is 24.3 Å². The second-order valence-electron chi connectivity index (χ2n) is 6.69. The van der Waals surface area contributed by atoms with Crippen LogP contribution in [0.1, 0.15) is 6.92 Å². The zero-order chi connectivity index (χ0) is 21.1. The summed E-state index contributed by atoms with van der Waals surface area (Å²) in [4.78, 5) is 25.8. The molecule has 0 bridgehead atoms. The van der Waals surface area contributed by atoms with Gasteiger partial charge in [-0.2, -0.15) is 0 Å². The van der Waals surface area contributed by atoms with Gasteiger partial charge in [0.05, 0.1) is 12.4 Å². The van der Waals surface area contributed by atoms with Crippen LogP contribution < -0.4 is 10.1 Å². The lowest BCUT2D eigenvalue weighted by atomic mass is 10.2. The number of hydrogen-bond donors (Lipinski definition) is 1. The molecule has 1 atom stereocenters. The number of hydrogen-bond acceptors (Lipinski definition) is 6. The number of urea groups is 1. The first-order valence-electron chi connectivity index (χ1n) is 9.49. The molecular formula is C21H21N5O3S. The van der Waals surface area contributed by atoms with Crippen molar-refractivity contribution in [2.45, 2.75) is 17.3 Å². The molecule has 8 nitrogen and oxygen atoms in total. The lowest BCUT2D eigenvalue weighted by molar-refractivity contribution is -0.126. The van der Waals surface area contributed by atoms with E-state index in [0.29, 0.717) is 24.1 Å². The van der Waals surface area contributed by atoms with Crippen LogP contribution in [0.3, 0.4) is 0 Å². The van der Waals surface area contributed by atoms with Crippen LogP contribution in [0.4, 0.5) is 4.79 Å². The lowest BCUT2D eigenvalue weighted by Crippen LogP contribution is -2.39. The molecule has 1 aromatic heterocycles. The fraction of sp³-hybridized carbons (Fsp3) is 0.238. The minimum atomic E-state index is -0.496. The van der Waals surface area contributed by atoms with Crippen molar-refractivity contribution in [3.8, 4) is 22.8 Å². The Hall–Kier alpha value is -3.33. The van der Waals surface area contributed by atoms with E-state index in [1.165, 1.54) is 16.7 Å². The number of aromatic nitrogens is 3. The Morgan fingerprint density at radius 2 is 1.87 bits per heavy atom. The van der Waals surface area contributed by atoms with Crippen LogP contribution in [0.15, 0.2) is 59.8 Å². The molecule has 4 rings (SSSR count). The predicted octanol–water partition coefficient (Wildman–Crippen LogP) is 2.98. The van der Waals surface area contributed by atoms with Gasteiger partial charge < -0.3 is 10.1 Å². The highest BCUT2D eigenvalue weighted by atomic mass is 32.2. The molecule has 0 saturated carbocycles. The Bertz CT molecular complexity index is 1050. The fourth-order valence-electron chi connectivity index (χ4n) is 3.19. The molecule has 3 amide bonds. The largest absolute Gasteiger partial charge is 0.497 e. The van der Waals surface area contributed by atoms with Crippen molar-refractivity contribution in [2.24, 2.45) is 0 Å². The van der Waals surface area contributed by atoms with Crippen LogP contribution in [0, 0.1) is 0 Å². The molecule has 0 radical (unpaired) electrons. The van der Waals surface area contributed by atoms with E-state index in [1.54, 1.807) is 14.0 Å². The summed E-state index contributed by atoms with van der Waals surface area (Å²) in [6.07, 6.45) is 0. The van der Waals surface area contributed by atoms with Crippen molar-refractivity contribution < 1.29 is 14.3 Å². The number of rotatable bonds is 6. The highest BCUT2D eigenvalue weighted by Gasteiger charge is 2.31. The third-order valence-corrected chi connectivity index (χ3v) is 5.78. The number of thioether (sulfide) groups is 1. The Kier molecular flexibility index (Phi) is 5.71. The number of amides is 3. The van der Waals surface area contributed by atoms with Gasteiger partial charge in [0.1, 0.15) is 5.75 Å². The SMILES string of the molecule is COc1ccc(-c2nnc(SC(C)C(=O)N3CCNC3=O)n2-c2ccccc2)cc1. The van der Waals surface area contributed by atoms with Gasteiger partial charge in [-0.05, 0) is 43.3 Å². The van der Waals surface area contributed by atoms with Crippen molar-refractivity contribution in [3.63, 3.8) is 0 Å². The number of ether oxygens (including phenoxy) is 1. The molecule has 154 valence electrons. The van der Waals surface area contributed by atoms with Gasteiger partial charge >= 0.3 is 6.03 Å². The van der Waals surface area contributed by atoms with E-state index in [0.717, 1.165) is 17.0 Å². The molecule has 1 saturated heterocycles. The first-order valence-corrected chi connectivity index (χ1v) is 10.4. The van der Waals surface area contributed by atoms with Gasteiger partial charge in [-0.3, -0.25) is 14.3 Å². The summed E-state index contributed by atoms with van der Waals surface area (Å²) in [5.74, 6) is 1.16. The standard InChI is InChI=1S/C21H21N5O3S/c1-14(19(27)25-13-12-22-20(25)28)30-21-24-23-18(15-8-10-17(29-2)11-9-15)26(21)16-6-4-3-5-7-16/h3-11,14H,12-13H2,1-2H3,(H,22,28). The molecule has 0 aliphatic carbocycles. The van der Waals surface area contributed by atoms with E-state index in [9.17, 15) is 9.59 Å². The quantitative estimate of drug-likeness (QED) is 0.613. The number of nitrogens with zero attached hydrogens (tertiary/aromatic N) is 4. The van der Waals surface area contributed by atoms with Crippen molar-refractivity contribution in [3.05, 3.63) is 54.6 Å². The highest BCUT2D eigenvalue weighted by molar-refractivity contribution is 8.00. The molecule has 2 heterocycles. The molecule has 3 aromatic rings. The summed E-state index contributed by atoms with van der Waals surface area (Å²) >= 11 is 1.28. The Labute approximate surface area is 178 Å². The summed E-state index contributed by atoms with van der Waals surface area (Å²) < 4.78 is 7.16. The molecule has 1 aliphatic rings. The maximum atomic E-state index is 12.7. The summed E-state index contributed by atoms with van der Waals surface area (Å²) in [6.45, 7) is 2.63. The summed E-state index contributed by atoms with van der Waals surface area (Å²) in [5, 5.41) is 11.5. The third kappa shape index (κ3) is 3.88. The van der Waals surface area contributed by atoms with Gasteiger partial charge in [0.15, 0.2) is 11.0 Å². The molecule has 9 heteroatoms. The maximum Gasteiger partial charge on any atom is 0.324 e. The monoisotopic (exact) mass is 423 g/mol. The normalized spacial score (nSPS) is 14.5. The number of imide groups is 1. The first-order chi connectivity index (χ1) is 14.6. The molecule has 0 spiro atoms. The third-order valence-electron chi connectivity index (χ3n) is 4.75. The molecule has 30 heavy (non-hydrogen) atoms. The number of carbonyl (C=O) groups is 2.